The van der Waals surface area contributed by atoms with Gasteiger partial charge in [-0.25, -0.2) is 9.97 Å². The second kappa shape index (κ2) is 4.19. The average Bonchev–Trinajstić information content (AvgIpc) is 2.29. The third kappa shape index (κ3) is 2.19. The van der Waals surface area contributed by atoms with E-state index in [0.717, 1.165) is 22.6 Å². The molecular weight excluding hydrogens is 188 g/mol. The zero-order valence-electron chi connectivity index (χ0n) is 8.51. The Morgan fingerprint density at radius 1 is 1.13 bits per heavy atom. The predicted octanol–water partition coefficient (Wildman–Crippen LogP) is 1.94. The molecule has 0 fully saturated rings. The molecule has 2 aromatic rings. The Morgan fingerprint density at radius 2 is 1.87 bits per heavy atom. The van der Waals surface area contributed by atoms with E-state index < -0.39 is 0 Å². The van der Waals surface area contributed by atoms with Crippen LogP contribution < -0.4 is 0 Å². The molecule has 0 aliphatic rings. The van der Waals surface area contributed by atoms with Crippen molar-refractivity contribution in [1.82, 2.24) is 9.97 Å². The fourth-order valence-electron chi connectivity index (χ4n) is 1.35. The van der Waals surface area contributed by atoms with Gasteiger partial charge in [0.1, 0.15) is 0 Å². The Labute approximate surface area is 88.5 Å². The molecule has 2 rings (SSSR count). The van der Waals surface area contributed by atoms with Crippen LogP contribution in [0, 0.1) is 6.92 Å². The lowest BCUT2D eigenvalue weighted by Crippen LogP contribution is -1.91. The summed E-state index contributed by atoms with van der Waals surface area (Å²) in [5, 5.41) is 8.91. The first-order valence-electron chi connectivity index (χ1n) is 4.79. The van der Waals surface area contributed by atoms with Crippen molar-refractivity contribution in [3.8, 4) is 11.4 Å². The standard InChI is InChI=1S/C12H12N2O/c1-9-6-7-13-12(14-9)11-4-2-10(8-15)3-5-11/h2-7,15H,8H2,1H3. The van der Waals surface area contributed by atoms with Crippen LogP contribution in [0.2, 0.25) is 0 Å². The second-order valence-corrected chi connectivity index (χ2v) is 3.38. The first-order valence-corrected chi connectivity index (χ1v) is 4.79. The van der Waals surface area contributed by atoms with E-state index in [9.17, 15) is 0 Å². The van der Waals surface area contributed by atoms with Crippen molar-refractivity contribution in [2.75, 3.05) is 0 Å². The topological polar surface area (TPSA) is 46.0 Å². The van der Waals surface area contributed by atoms with Crippen LogP contribution >= 0.6 is 0 Å². The van der Waals surface area contributed by atoms with Crippen LogP contribution in [-0.4, -0.2) is 15.1 Å². The molecule has 1 heterocycles. The highest BCUT2D eigenvalue weighted by Crippen LogP contribution is 2.15. The lowest BCUT2D eigenvalue weighted by molar-refractivity contribution is 0.282. The third-order valence-corrected chi connectivity index (χ3v) is 2.19. The van der Waals surface area contributed by atoms with E-state index in [2.05, 4.69) is 9.97 Å². The number of hydrogen-bond donors (Lipinski definition) is 1. The Hall–Kier alpha value is -1.74. The zero-order valence-corrected chi connectivity index (χ0v) is 8.51. The highest BCUT2D eigenvalue weighted by atomic mass is 16.3. The van der Waals surface area contributed by atoms with Crippen molar-refractivity contribution in [3.05, 3.63) is 47.8 Å². The largest absolute Gasteiger partial charge is 0.392 e. The van der Waals surface area contributed by atoms with Crippen molar-refractivity contribution >= 4 is 0 Å². The van der Waals surface area contributed by atoms with Gasteiger partial charge in [0, 0.05) is 17.5 Å². The quantitative estimate of drug-likeness (QED) is 0.805. The van der Waals surface area contributed by atoms with E-state index in [1.54, 1.807) is 6.20 Å². The Bertz CT molecular complexity index is 451. The summed E-state index contributed by atoms with van der Waals surface area (Å²) in [6.07, 6.45) is 1.75. The minimum atomic E-state index is 0.0644. The van der Waals surface area contributed by atoms with Crippen LogP contribution in [0.3, 0.4) is 0 Å². The van der Waals surface area contributed by atoms with E-state index in [0.29, 0.717) is 0 Å². The monoisotopic (exact) mass is 200 g/mol. The van der Waals surface area contributed by atoms with Crippen LogP contribution in [0.5, 0.6) is 0 Å². The fourth-order valence-corrected chi connectivity index (χ4v) is 1.35. The minimum Gasteiger partial charge on any atom is -0.392 e. The summed E-state index contributed by atoms with van der Waals surface area (Å²) in [7, 11) is 0. The van der Waals surface area contributed by atoms with Crippen molar-refractivity contribution in [3.63, 3.8) is 0 Å². The molecule has 0 spiro atoms. The molecule has 0 bridgehead atoms. The van der Waals surface area contributed by atoms with Gasteiger partial charge >= 0.3 is 0 Å². The zero-order chi connectivity index (χ0) is 10.7. The molecule has 0 saturated carbocycles. The number of benzene rings is 1. The number of aliphatic hydroxyl groups excluding tert-OH is 1. The van der Waals surface area contributed by atoms with E-state index in [1.807, 2.05) is 37.3 Å². The number of aliphatic hydroxyl groups is 1. The third-order valence-electron chi connectivity index (χ3n) is 2.19. The van der Waals surface area contributed by atoms with Gasteiger partial charge in [0.15, 0.2) is 5.82 Å². The van der Waals surface area contributed by atoms with Gasteiger partial charge in [0.05, 0.1) is 6.61 Å². The van der Waals surface area contributed by atoms with Gasteiger partial charge < -0.3 is 5.11 Å². The molecule has 3 nitrogen and oxygen atoms in total. The summed E-state index contributed by atoms with van der Waals surface area (Å²) in [6.45, 7) is 2.00. The molecule has 0 amide bonds. The number of nitrogens with zero attached hydrogens (tertiary/aromatic N) is 2. The van der Waals surface area contributed by atoms with Gasteiger partial charge in [0.2, 0.25) is 0 Å². The van der Waals surface area contributed by atoms with Crippen molar-refractivity contribution in [1.29, 1.82) is 0 Å². The first-order chi connectivity index (χ1) is 7.29. The summed E-state index contributed by atoms with van der Waals surface area (Å²) in [4.78, 5) is 8.52. The van der Waals surface area contributed by atoms with Gasteiger partial charge in [-0.3, -0.25) is 0 Å². The van der Waals surface area contributed by atoms with Gasteiger partial charge in [-0.1, -0.05) is 24.3 Å². The number of hydrogen-bond acceptors (Lipinski definition) is 3. The summed E-state index contributed by atoms with van der Waals surface area (Å²) >= 11 is 0. The maximum atomic E-state index is 8.91. The van der Waals surface area contributed by atoms with E-state index in [1.165, 1.54) is 0 Å². The molecule has 0 radical (unpaired) electrons. The van der Waals surface area contributed by atoms with Gasteiger partial charge in [-0.2, -0.15) is 0 Å². The maximum absolute atomic E-state index is 8.91. The SMILES string of the molecule is Cc1ccnc(-c2ccc(CO)cc2)n1. The first kappa shape index (κ1) is 9.80. The second-order valence-electron chi connectivity index (χ2n) is 3.38. The number of aromatic nitrogens is 2. The highest BCUT2D eigenvalue weighted by Gasteiger charge is 2.00. The van der Waals surface area contributed by atoms with Crippen molar-refractivity contribution < 1.29 is 5.11 Å². The molecule has 0 aliphatic heterocycles. The normalized spacial score (nSPS) is 10.3. The van der Waals surface area contributed by atoms with Gasteiger partial charge in [-0.15, -0.1) is 0 Å². The molecule has 0 aliphatic carbocycles. The van der Waals surface area contributed by atoms with Crippen LogP contribution in [0.4, 0.5) is 0 Å². The smallest absolute Gasteiger partial charge is 0.159 e. The molecular formula is C12H12N2O. The molecule has 1 N–H and O–H groups in total. The molecule has 1 aromatic heterocycles. The lowest BCUT2D eigenvalue weighted by atomic mass is 10.1. The van der Waals surface area contributed by atoms with Crippen LogP contribution in [-0.2, 0) is 6.61 Å². The van der Waals surface area contributed by atoms with E-state index >= 15 is 0 Å². The Morgan fingerprint density at radius 3 is 2.47 bits per heavy atom. The predicted molar refractivity (Wildman–Crippen MR) is 58.1 cm³/mol. The summed E-state index contributed by atoms with van der Waals surface area (Å²) in [5.74, 6) is 0.722. The van der Waals surface area contributed by atoms with Crippen LogP contribution in [0.15, 0.2) is 36.5 Å². The molecule has 0 saturated heterocycles. The summed E-state index contributed by atoms with van der Waals surface area (Å²) in [5.41, 5.74) is 2.81. The fraction of sp³-hybridized carbons (Fsp3) is 0.167. The van der Waals surface area contributed by atoms with Gasteiger partial charge in [0.25, 0.3) is 0 Å². The van der Waals surface area contributed by atoms with Crippen LogP contribution in [0.1, 0.15) is 11.3 Å². The van der Waals surface area contributed by atoms with Crippen molar-refractivity contribution in [2.24, 2.45) is 0 Å². The molecule has 0 atom stereocenters. The molecule has 3 heteroatoms. The van der Waals surface area contributed by atoms with Gasteiger partial charge in [-0.05, 0) is 18.6 Å². The summed E-state index contributed by atoms with van der Waals surface area (Å²) in [6, 6.07) is 9.45. The van der Waals surface area contributed by atoms with Crippen LogP contribution in [0.25, 0.3) is 11.4 Å². The molecule has 15 heavy (non-hydrogen) atoms. The van der Waals surface area contributed by atoms with E-state index in [4.69, 9.17) is 5.11 Å². The molecule has 1 aromatic carbocycles. The van der Waals surface area contributed by atoms with Crippen molar-refractivity contribution in [2.45, 2.75) is 13.5 Å². The number of rotatable bonds is 2. The average molecular weight is 200 g/mol. The highest BCUT2D eigenvalue weighted by molar-refractivity contribution is 5.55. The number of aryl methyl sites for hydroxylation is 1. The molecule has 0 unspecified atom stereocenters. The lowest BCUT2D eigenvalue weighted by Gasteiger charge is -2.01. The van der Waals surface area contributed by atoms with E-state index in [-0.39, 0.29) is 6.61 Å². The minimum absolute atomic E-state index is 0.0644. The summed E-state index contributed by atoms with van der Waals surface area (Å²) < 4.78 is 0. The Kier molecular flexibility index (Phi) is 2.74. The Balaban J connectivity index is 2.37. The maximum Gasteiger partial charge on any atom is 0.159 e. The molecule has 76 valence electrons.